The van der Waals surface area contributed by atoms with Gasteiger partial charge in [-0.05, 0) is 79.8 Å². The normalized spacial score (nSPS) is 22.8. The third kappa shape index (κ3) is 4.82. The molecule has 1 amide bonds. The van der Waals surface area contributed by atoms with Crippen molar-refractivity contribution in [1.29, 1.82) is 0 Å². The number of amides is 1. The van der Waals surface area contributed by atoms with Gasteiger partial charge >= 0.3 is 0 Å². The summed E-state index contributed by atoms with van der Waals surface area (Å²) >= 11 is 0. The van der Waals surface area contributed by atoms with Gasteiger partial charge in [0.15, 0.2) is 5.65 Å². The number of carbonyl (C=O) groups excluding carboxylic acids is 1. The van der Waals surface area contributed by atoms with Gasteiger partial charge in [0.05, 0.1) is 24.5 Å². The smallest absolute Gasteiger partial charge is 0.256 e. The first kappa shape index (κ1) is 27.9. The van der Waals surface area contributed by atoms with E-state index in [-0.39, 0.29) is 5.91 Å². The number of aryl methyl sites for hydroxylation is 2. The summed E-state index contributed by atoms with van der Waals surface area (Å²) in [5, 5.41) is 8.79. The zero-order chi connectivity index (χ0) is 30.6. The Morgan fingerprint density at radius 1 is 0.783 bits per heavy atom. The minimum absolute atomic E-state index is 0.0627. The third-order valence-corrected chi connectivity index (χ3v) is 10.7. The van der Waals surface area contributed by atoms with Crippen molar-refractivity contribution in [3.05, 3.63) is 89.7 Å². The van der Waals surface area contributed by atoms with Crippen LogP contribution in [0.4, 0.5) is 0 Å². The fourth-order valence-electron chi connectivity index (χ4n) is 8.30. The number of aromatic nitrogens is 4. The van der Waals surface area contributed by atoms with E-state index in [9.17, 15) is 4.79 Å². The molecule has 3 fully saturated rings. The number of pyridine rings is 2. The summed E-state index contributed by atoms with van der Waals surface area (Å²) in [5.74, 6) is 0.0627. The minimum Gasteiger partial charge on any atom is -0.378 e. The zero-order valence-corrected chi connectivity index (χ0v) is 26.0. The number of aromatic amines is 1. The highest BCUT2D eigenvalue weighted by atomic mass is 16.5. The molecule has 232 valence electrons. The molecule has 0 saturated carbocycles. The van der Waals surface area contributed by atoms with Crippen LogP contribution in [0.1, 0.15) is 53.6 Å². The van der Waals surface area contributed by atoms with Crippen LogP contribution in [0.2, 0.25) is 0 Å². The van der Waals surface area contributed by atoms with Gasteiger partial charge in [-0.3, -0.25) is 19.8 Å². The third-order valence-electron chi connectivity index (χ3n) is 10.7. The van der Waals surface area contributed by atoms with Crippen molar-refractivity contribution in [3.63, 3.8) is 0 Å². The van der Waals surface area contributed by atoms with Crippen molar-refractivity contribution in [3.8, 4) is 33.6 Å². The Morgan fingerprint density at radius 3 is 2.30 bits per heavy atom. The second-order valence-corrected chi connectivity index (χ2v) is 13.4. The molecule has 0 radical (unpaired) electrons. The number of benzene rings is 2. The van der Waals surface area contributed by atoms with Crippen LogP contribution in [0, 0.1) is 0 Å². The molecule has 6 heterocycles. The Labute approximate surface area is 268 Å². The van der Waals surface area contributed by atoms with E-state index in [2.05, 4.69) is 56.5 Å². The van der Waals surface area contributed by atoms with Gasteiger partial charge in [-0.1, -0.05) is 42.5 Å². The van der Waals surface area contributed by atoms with Gasteiger partial charge in [-0.25, -0.2) is 4.98 Å². The number of fused-ring (bicyclic) bond motifs is 4. The van der Waals surface area contributed by atoms with E-state index in [0.717, 1.165) is 91.1 Å². The lowest BCUT2D eigenvalue weighted by atomic mass is 9.87. The van der Waals surface area contributed by atoms with E-state index in [1.165, 1.54) is 36.0 Å². The van der Waals surface area contributed by atoms with Gasteiger partial charge in [0.1, 0.15) is 5.69 Å². The van der Waals surface area contributed by atoms with Crippen LogP contribution in [0.5, 0.6) is 0 Å². The maximum Gasteiger partial charge on any atom is 0.256 e. The number of nitrogens with one attached hydrogen (secondary N) is 1. The lowest BCUT2D eigenvalue weighted by Gasteiger charge is -2.56. The lowest BCUT2D eigenvalue weighted by Crippen LogP contribution is -2.66. The van der Waals surface area contributed by atoms with Crippen LogP contribution in [-0.4, -0.2) is 80.3 Å². The van der Waals surface area contributed by atoms with Crippen LogP contribution in [0.15, 0.2) is 73.1 Å². The lowest BCUT2D eigenvalue weighted by molar-refractivity contribution is -0.148. The Kier molecular flexibility index (Phi) is 6.93. The summed E-state index contributed by atoms with van der Waals surface area (Å²) in [4.78, 5) is 27.3. The highest BCUT2D eigenvalue weighted by Gasteiger charge is 2.45. The summed E-state index contributed by atoms with van der Waals surface area (Å²) in [6.45, 7) is 3.45. The summed E-state index contributed by atoms with van der Waals surface area (Å²) in [6, 6.07) is 23.1. The second kappa shape index (κ2) is 11.4. The van der Waals surface area contributed by atoms with E-state index < -0.39 is 0 Å². The van der Waals surface area contributed by atoms with Crippen molar-refractivity contribution in [2.75, 3.05) is 26.3 Å². The first-order valence-electron chi connectivity index (χ1n) is 16.9. The molecule has 3 atom stereocenters. The van der Waals surface area contributed by atoms with Gasteiger partial charge in [0.25, 0.3) is 5.91 Å². The standard InChI is InChI=1S/C38H38N6O2/c45-38(43-16-1-2-17-43)33-4-3-15-39-35(33)25-6-8-26(9-7-25)36-34-19-29(21-40-37(34)42-41-36)28-10-5-24-11-13-30(14-12-27(24)18-28)44-31-20-32(44)23-46-22-31/h3-10,15,18-19,21,30-32H,1-2,11-14,16-17,20,22-23H2,(H,40,41,42)/t30-,31?,32?/m0/s1. The van der Waals surface area contributed by atoms with Gasteiger partial charge < -0.3 is 9.64 Å². The number of likely N-dealkylation sites (tertiary alicyclic amines) is 1. The average molecular weight is 611 g/mol. The maximum absolute atomic E-state index is 13.2. The van der Waals surface area contributed by atoms with Crippen LogP contribution < -0.4 is 0 Å². The first-order chi connectivity index (χ1) is 22.7. The van der Waals surface area contributed by atoms with E-state index in [1.54, 1.807) is 6.20 Å². The van der Waals surface area contributed by atoms with Crippen molar-refractivity contribution in [2.45, 2.75) is 63.1 Å². The molecular formula is C38H38N6O2. The fourth-order valence-corrected chi connectivity index (χ4v) is 8.30. The molecule has 3 aromatic heterocycles. The average Bonchev–Trinajstić information content (AvgIpc) is 3.76. The molecule has 3 saturated heterocycles. The Morgan fingerprint density at radius 2 is 1.52 bits per heavy atom. The highest BCUT2D eigenvalue weighted by molar-refractivity contribution is 6.00. The topological polar surface area (TPSA) is 87.2 Å². The van der Waals surface area contributed by atoms with Gasteiger partial charge in [-0.2, -0.15) is 5.10 Å². The Bertz CT molecular complexity index is 1910. The predicted molar refractivity (Wildman–Crippen MR) is 178 cm³/mol. The minimum atomic E-state index is 0.0627. The molecule has 1 aliphatic carbocycles. The number of hydrogen-bond donors (Lipinski definition) is 1. The van der Waals surface area contributed by atoms with Crippen LogP contribution in [0.3, 0.4) is 0 Å². The molecular weight excluding hydrogens is 572 g/mol. The van der Waals surface area contributed by atoms with Crippen LogP contribution in [0.25, 0.3) is 44.7 Å². The summed E-state index contributed by atoms with van der Waals surface area (Å²) < 4.78 is 5.75. The SMILES string of the molecule is O=C(c1cccnc1-c1ccc(-c2n[nH]c3ncc(-c4ccc5c(c4)CC[C@@H](N4C6COCC4C6)CC5)cc23)cc1)N1CCCC1. The number of H-pyrrole nitrogens is 1. The molecule has 3 aliphatic heterocycles. The summed E-state index contributed by atoms with van der Waals surface area (Å²) in [6.07, 6.45) is 11.9. The second-order valence-electron chi connectivity index (χ2n) is 13.4. The van der Waals surface area contributed by atoms with E-state index in [4.69, 9.17) is 9.72 Å². The van der Waals surface area contributed by atoms with Crippen LogP contribution in [-0.2, 0) is 17.6 Å². The first-order valence-corrected chi connectivity index (χ1v) is 16.9. The van der Waals surface area contributed by atoms with Gasteiger partial charge in [0.2, 0.25) is 0 Å². The maximum atomic E-state index is 13.2. The van der Waals surface area contributed by atoms with Gasteiger partial charge in [-0.15, -0.1) is 0 Å². The molecule has 4 aliphatic rings. The predicted octanol–water partition coefficient (Wildman–Crippen LogP) is 6.31. The van der Waals surface area contributed by atoms with Crippen molar-refractivity contribution in [1.82, 2.24) is 30.0 Å². The van der Waals surface area contributed by atoms with E-state index >= 15 is 0 Å². The quantitative estimate of drug-likeness (QED) is 0.235. The molecule has 2 bridgehead atoms. The number of rotatable bonds is 5. The number of morpholine rings is 1. The molecule has 9 rings (SSSR count). The van der Waals surface area contributed by atoms with Crippen molar-refractivity contribution in [2.24, 2.45) is 0 Å². The number of nitrogens with zero attached hydrogens (tertiary/aromatic N) is 5. The molecule has 5 aromatic rings. The van der Waals surface area contributed by atoms with Gasteiger partial charge in [0, 0.05) is 65.7 Å². The molecule has 0 spiro atoms. The Balaban J connectivity index is 0.971. The summed E-state index contributed by atoms with van der Waals surface area (Å²) in [7, 11) is 0. The number of carbonyl (C=O) groups is 1. The zero-order valence-electron chi connectivity index (χ0n) is 26.0. The molecule has 2 unspecified atom stereocenters. The van der Waals surface area contributed by atoms with Crippen molar-refractivity contribution >= 4 is 16.9 Å². The Hall–Kier alpha value is -4.40. The van der Waals surface area contributed by atoms with E-state index in [1.807, 2.05) is 35.4 Å². The molecule has 8 heteroatoms. The van der Waals surface area contributed by atoms with Crippen molar-refractivity contribution < 1.29 is 9.53 Å². The monoisotopic (exact) mass is 610 g/mol. The fraction of sp³-hybridized carbons (Fsp3) is 0.368. The molecule has 1 N–H and O–H groups in total. The molecule has 2 aromatic carbocycles. The van der Waals surface area contributed by atoms with Crippen LogP contribution >= 0.6 is 0 Å². The highest BCUT2D eigenvalue weighted by Crippen LogP contribution is 2.38. The molecule has 46 heavy (non-hydrogen) atoms. The molecule has 8 nitrogen and oxygen atoms in total. The number of ether oxygens (including phenoxy) is 1. The number of hydrogen-bond acceptors (Lipinski definition) is 6. The largest absolute Gasteiger partial charge is 0.378 e. The van der Waals surface area contributed by atoms with E-state index in [0.29, 0.717) is 23.7 Å². The summed E-state index contributed by atoms with van der Waals surface area (Å²) in [5.41, 5.74) is 10.2.